The number of aromatic nitrogens is 2. The van der Waals surface area contributed by atoms with E-state index in [9.17, 15) is 0 Å². The fourth-order valence-electron chi connectivity index (χ4n) is 1.30. The van der Waals surface area contributed by atoms with E-state index in [-0.39, 0.29) is 6.04 Å². The summed E-state index contributed by atoms with van der Waals surface area (Å²) in [6.07, 6.45) is 3.54. The summed E-state index contributed by atoms with van der Waals surface area (Å²) in [5, 5.41) is 3.21. The third-order valence-electron chi connectivity index (χ3n) is 2.08. The Labute approximate surface area is 96.4 Å². The van der Waals surface area contributed by atoms with Gasteiger partial charge >= 0.3 is 0 Å². The predicted octanol–water partition coefficient (Wildman–Crippen LogP) is 1.41. The second-order valence-electron chi connectivity index (χ2n) is 3.72. The molecule has 1 rings (SSSR count). The maximum atomic E-state index is 5.66. The highest BCUT2D eigenvalue weighted by Crippen LogP contribution is 2.10. The zero-order chi connectivity index (χ0) is 11.8. The van der Waals surface area contributed by atoms with Gasteiger partial charge in [0, 0.05) is 18.7 Å². The summed E-state index contributed by atoms with van der Waals surface area (Å²) in [5.74, 6) is 1.40. The molecule has 0 saturated carbocycles. The lowest BCUT2D eigenvalue weighted by atomic mass is 10.2. The molecule has 0 saturated heterocycles. The van der Waals surface area contributed by atoms with Gasteiger partial charge in [0.05, 0.1) is 6.61 Å². The van der Waals surface area contributed by atoms with Gasteiger partial charge in [-0.15, -0.1) is 0 Å². The minimum absolute atomic E-state index is 0.256. The molecule has 16 heavy (non-hydrogen) atoms. The number of nitrogens with zero attached hydrogens (tertiary/aromatic N) is 2. The molecule has 1 unspecified atom stereocenters. The van der Waals surface area contributed by atoms with E-state index >= 15 is 0 Å². The topological polar surface area (TPSA) is 73.1 Å². The van der Waals surface area contributed by atoms with Crippen molar-refractivity contribution in [3.63, 3.8) is 0 Å². The van der Waals surface area contributed by atoms with Gasteiger partial charge in [-0.2, -0.15) is 0 Å². The van der Waals surface area contributed by atoms with Crippen LogP contribution in [0, 0.1) is 0 Å². The molecule has 0 aliphatic heterocycles. The Morgan fingerprint density at radius 1 is 1.50 bits per heavy atom. The number of nitrogens with two attached hydrogens (primary N) is 1. The Morgan fingerprint density at radius 3 is 3.00 bits per heavy atom. The van der Waals surface area contributed by atoms with Crippen molar-refractivity contribution in [3.8, 4) is 5.88 Å². The zero-order valence-corrected chi connectivity index (χ0v) is 9.94. The van der Waals surface area contributed by atoms with Crippen LogP contribution in [-0.2, 0) is 0 Å². The summed E-state index contributed by atoms with van der Waals surface area (Å²) >= 11 is 0. The van der Waals surface area contributed by atoms with Gasteiger partial charge in [0.2, 0.25) is 5.88 Å². The minimum atomic E-state index is 0.256. The summed E-state index contributed by atoms with van der Waals surface area (Å²) < 4.78 is 5.28. The maximum absolute atomic E-state index is 5.66. The van der Waals surface area contributed by atoms with Crippen LogP contribution in [0.25, 0.3) is 0 Å². The first-order valence-electron chi connectivity index (χ1n) is 5.66. The number of anilines is 1. The van der Waals surface area contributed by atoms with Gasteiger partial charge in [-0.3, -0.25) is 0 Å². The molecule has 0 bridgehead atoms. The van der Waals surface area contributed by atoms with Crippen LogP contribution in [0.1, 0.15) is 26.7 Å². The van der Waals surface area contributed by atoms with E-state index < -0.39 is 0 Å². The summed E-state index contributed by atoms with van der Waals surface area (Å²) in [5.41, 5.74) is 5.66. The van der Waals surface area contributed by atoms with Crippen LogP contribution < -0.4 is 15.8 Å². The highest BCUT2D eigenvalue weighted by Gasteiger charge is 1.99. The normalized spacial score (nSPS) is 12.2. The van der Waals surface area contributed by atoms with E-state index in [2.05, 4.69) is 15.3 Å². The molecule has 1 atom stereocenters. The van der Waals surface area contributed by atoms with Gasteiger partial charge in [-0.1, -0.05) is 0 Å². The van der Waals surface area contributed by atoms with Crippen molar-refractivity contribution in [1.82, 2.24) is 9.97 Å². The molecule has 90 valence electrons. The second-order valence-corrected chi connectivity index (χ2v) is 3.72. The van der Waals surface area contributed by atoms with Crippen molar-refractivity contribution in [2.24, 2.45) is 5.73 Å². The number of nitrogens with one attached hydrogen (secondary N) is 1. The summed E-state index contributed by atoms with van der Waals surface area (Å²) in [7, 11) is 0. The van der Waals surface area contributed by atoms with Crippen LogP contribution >= 0.6 is 0 Å². The van der Waals surface area contributed by atoms with Crippen LogP contribution in [0.4, 0.5) is 5.82 Å². The Morgan fingerprint density at radius 2 is 2.31 bits per heavy atom. The molecule has 0 fully saturated rings. The lowest BCUT2D eigenvalue weighted by Crippen LogP contribution is -2.16. The largest absolute Gasteiger partial charge is 0.478 e. The molecular weight excluding hydrogens is 204 g/mol. The van der Waals surface area contributed by atoms with E-state index in [0.29, 0.717) is 12.5 Å². The molecule has 0 aromatic carbocycles. The SMILES string of the molecule is CCOc1cc(NCCCC(C)N)ncn1. The standard InChI is InChI=1S/C11H20N4O/c1-3-16-11-7-10(14-8-15-11)13-6-4-5-9(2)12/h7-9H,3-6,12H2,1-2H3,(H,13,14,15). The Bertz CT molecular complexity index is 304. The van der Waals surface area contributed by atoms with Crippen molar-refractivity contribution in [3.05, 3.63) is 12.4 Å². The van der Waals surface area contributed by atoms with Gasteiger partial charge in [-0.05, 0) is 26.7 Å². The number of hydrogen-bond donors (Lipinski definition) is 2. The highest BCUT2D eigenvalue weighted by atomic mass is 16.5. The third-order valence-corrected chi connectivity index (χ3v) is 2.08. The molecule has 1 aromatic heterocycles. The van der Waals surface area contributed by atoms with Crippen molar-refractivity contribution < 1.29 is 4.74 Å². The van der Waals surface area contributed by atoms with Crippen molar-refractivity contribution in [2.45, 2.75) is 32.7 Å². The molecule has 5 nitrogen and oxygen atoms in total. The average molecular weight is 224 g/mol. The fourth-order valence-corrected chi connectivity index (χ4v) is 1.30. The van der Waals surface area contributed by atoms with Crippen molar-refractivity contribution in [2.75, 3.05) is 18.5 Å². The molecule has 0 radical (unpaired) electrons. The zero-order valence-electron chi connectivity index (χ0n) is 9.94. The molecule has 0 spiro atoms. The third kappa shape index (κ3) is 4.93. The summed E-state index contributed by atoms with van der Waals surface area (Å²) in [6.45, 7) is 5.42. The van der Waals surface area contributed by atoms with Gasteiger partial charge in [0.25, 0.3) is 0 Å². The molecule has 0 aliphatic rings. The van der Waals surface area contributed by atoms with Crippen LogP contribution in [0.3, 0.4) is 0 Å². The van der Waals surface area contributed by atoms with Crippen molar-refractivity contribution >= 4 is 5.82 Å². The first-order chi connectivity index (χ1) is 7.72. The smallest absolute Gasteiger partial charge is 0.218 e. The Kier molecular flexibility index (Phi) is 5.56. The summed E-state index contributed by atoms with van der Waals surface area (Å²) in [4.78, 5) is 8.10. The molecule has 1 aromatic rings. The molecule has 3 N–H and O–H groups in total. The maximum Gasteiger partial charge on any atom is 0.218 e. The first kappa shape index (κ1) is 12.7. The fraction of sp³-hybridized carbons (Fsp3) is 0.636. The number of rotatable bonds is 7. The predicted molar refractivity (Wildman–Crippen MR) is 64.6 cm³/mol. The second kappa shape index (κ2) is 7.00. The first-order valence-corrected chi connectivity index (χ1v) is 5.66. The molecule has 1 heterocycles. The van der Waals surface area contributed by atoms with Crippen molar-refractivity contribution in [1.29, 1.82) is 0 Å². The monoisotopic (exact) mass is 224 g/mol. The van der Waals surface area contributed by atoms with Crippen LogP contribution in [-0.4, -0.2) is 29.2 Å². The lowest BCUT2D eigenvalue weighted by molar-refractivity contribution is 0.326. The highest BCUT2D eigenvalue weighted by molar-refractivity contribution is 5.36. The molecule has 5 heteroatoms. The minimum Gasteiger partial charge on any atom is -0.478 e. The van der Waals surface area contributed by atoms with Crippen LogP contribution in [0.5, 0.6) is 5.88 Å². The van der Waals surface area contributed by atoms with E-state index in [1.807, 2.05) is 13.8 Å². The van der Waals surface area contributed by atoms with Crippen LogP contribution in [0.15, 0.2) is 12.4 Å². The average Bonchev–Trinajstić information content (AvgIpc) is 2.25. The van der Waals surface area contributed by atoms with Gasteiger partial charge in [-0.25, -0.2) is 9.97 Å². The molecular formula is C11H20N4O. The van der Waals surface area contributed by atoms with Gasteiger partial charge < -0.3 is 15.8 Å². The van der Waals surface area contributed by atoms with E-state index in [1.165, 1.54) is 6.33 Å². The van der Waals surface area contributed by atoms with Crippen LogP contribution in [0.2, 0.25) is 0 Å². The number of hydrogen-bond acceptors (Lipinski definition) is 5. The lowest BCUT2D eigenvalue weighted by Gasteiger charge is -2.08. The summed E-state index contributed by atoms with van der Waals surface area (Å²) in [6, 6.07) is 2.06. The Balaban J connectivity index is 2.33. The molecule has 0 amide bonds. The quantitative estimate of drug-likeness (QED) is 0.685. The van der Waals surface area contributed by atoms with E-state index in [4.69, 9.17) is 10.5 Å². The Hall–Kier alpha value is -1.36. The van der Waals surface area contributed by atoms with Gasteiger partial charge in [0.1, 0.15) is 12.1 Å². The van der Waals surface area contributed by atoms with E-state index in [1.54, 1.807) is 6.07 Å². The molecule has 0 aliphatic carbocycles. The number of ether oxygens (including phenoxy) is 1. The van der Waals surface area contributed by atoms with Gasteiger partial charge in [0.15, 0.2) is 0 Å². The van der Waals surface area contributed by atoms with E-state index in [0.717, 1.165) is 25.2 Å².